The molecule has 3 aromatic heterocycles. The Morgan fingerprint density at radius 3 is 1.28 bits per heavy atom. The Balaban J connectivity index is 1.55. The first-order valence-corrected chi connectivity index (χ1v) is 23.3. The smallest absolute Gasteiger partial charge is 0.307 e. The van der Waals surface area contributed by atoms with E-state index in [4.69, 9.17) is 10.5 Å². The lowest BCUT2D eigenvalue weighted by molar-refractivity contribution is -0.143. The van der Waals surface area contributed by atoms with Crippen LogP contribution in [0.2, 0.25) is 0 Å². The highest BCUT2D eigenvalue weighted by Crippen LogP contribution is 2.14. The van der Waals surface area contributed by atoms with Crippen molar-refractivity contribution >= 4 is 35.5 Å². The van der Waals surface area contributed by atoms with E-state index < -0.39 is 69.9 Å². The first-order chi connectivity index (χ1) is 32.8. The third-order valence-corrected chi connectivity index (χ3v) is 11.6. The number of esters is 1. The Morgan fingerprint density at radius 2 is 0.899 bits per heavy atom. The fraction of sp³-hybridized carbons (Fsp3) is 0.553. The number of rotatable bonds is 30. The molecule has 5 amide bonds. The predicted molar refractivity (Wildman–Crippen MR) is 254 cm³/mol. The molecule has 0 saturated carbocycles. The number of aryl methyl sites for hydroxylation is 3. The van der Waals surface area contributed by atoms with E-state index in [1.807, 2.05) is 0 Å². The number of nitrogens with two attached hydrogens (primary N) is 1. The average Bonchev–Trinajstić information content (AvgIpc) is 3.31. The maximum Gasteiger partial charge on any atom is 0.307 e. The summed E-state index contributed by atoms with van der Waals surface area (Å²) in [5.74, 6) is -4.18. The van der Waals surface area contributed by atoms with Gasteiger partial charge in [0, 0.05) is 88.9 Å². The molecule has 0 saturated heterocycles. The Labute approximate surface area is 400 Å². The summed E-state index contributed by atoms with van der Waals surface area (Å²) in [5, 5.41) is 43.3. The number of unbranched alkanes of at least 4 members (excludes halogenated alkanes) is 3. The Hall–Kier alpha value is -6.97. The summed E-state index contributed by atoms with van der Waals surface area (Å²) >= 11 is 0. The zero-order valence-electron chi connectivity index (χ0n) is 40.0. The first kappa shape index (κ1) is 56.4. The standard InChI is InChI=1S/C47H69N9O13/c1-5-69-41(62)17-23-51-47(68)35(14-8-11-26-56-29-20-38(59)44(65)32(56)4)53-40(61)16-22-50-46(67)34(13-7-10-25-55-28-19-37(58)43(64)31(55)3)52-39(60)15-21-49-45(66)33(48)12-6-9-24-54-27-18-36(57)42(63)30(54)2/h18-20,27-29,33-35,63-65H,5-17,21-26,48H2,1-4H3,(H,49,66)(H,50,67)(H,51,68)(H,52,60)(H,53,61)/t33-,34+,35+/m0/s1. The van der Waals surface area contributed by atoms with E-state index in [0.717, 1.165) is 0 Å². The van der Waals surface area contributed by atoms with Crippen LogP contribution in [0.15, 0.2) is 51.2 Å². The minimum Gasteiger partial charge on any atom is -0.503 e. The highest BCUT2D eigenvalue weighted by Gasteiger charge is 2.24. The number of carbonyl (C=O) groups excluding carboxylic acids is 6. The third-order valence-electron chi connectivity index (χ3n) is 11.6. The lowest BCUT2D eigenvalue weighted by Gasteiger charge is -2.20. The van der Waals surface area contributed by atoms with E-state index >= 15 is 0 Å². The topological polar surface area (TPSA) is 325 Å². The van der Waals surface area contributed by atoms with E-state index in [9.17, 15) is 58.5 Å². The van der Waals surface area contributed by atoms with Crippen molar-refractivity contribution in [3.63, 3.8) is 0 Å². The molecule has 3 aromatic rings. The molecule has 22 heteroatoms. The molecule has 0 radical (unpaired) electrons. The summed E-state index contributed by atoms with van der Waals surface area (Å²) in [4.78, 5) is 113. The van der Waals surface area contributed by atoms with Gasteiger partial charge < -0.3 is 66.1 Å². The summed E-state index contributed by atoms with van der Waals surface area (Å²) in [5.41, 5.74) is 5.83. The molecule has 0 aliphatic rings. The molecule has 22 nitrogen and oxygen atoms in total. The van der Waals surface area contributed by atoms with E-state index in [2.05, 4.69) is 26.6 Å². The third kappa shape index (κ3) is 18.9. The summed E-state index contributed by atoms with van der Waals surface area (Å²) < 4.78 is 10.1. The van der Waals surface area contributed by atoms with Crippen LogP contribution in [0.5, 0.6) is 17.2 Å². The number of amides is 5. The van der Waals surface area contributed by atoms with Gasteiger partial charge in [-0.1, -0.05) is 0 Å². The van der Waals surface area contributed by atoms with Crippen molar-refractivity contribution in [2.75, 3.05) is 26.2 Å². The Kier molecular flexibility index (Phi) is 23.7. The molecule has 3 atom stereocenters. The Bertz CT molecular complexity index is 2410. The molecule has 3 heterocycles. The zero-order chi connectivity index (χ0) is 51.0. The molecule has 380 valence electrons. The molecule has 0 aliphatic carbocycles. The van der Waals surface area contributed by atoms with Crippen molar-refractivity contribution in [3.05, 3.63) is 84.5 Å². The highest BCUT2D eigenvalue weighted by atomic mass is 16.5. The maximum absolute atomic E-state index is 13.5. The van der Waals surface area contributed by atoms with Gasteiger partial charge in [-0.05, 0) is 85.5 Å². The van der Waals surface area contributed by atoms with Crippen LogP contribution < -0.4 is 48.6 Å². The van der Waals surface area contributed by atoms with Crippen molar-refractivity contribution in [1.82, 2.24) is 40.3 Å². The van der Waals surface area contributed by atoms with Crippen LogP contribution in [0.4, 0.5) is 0 Å². The van der Waals surface area contributed by atoms with Crippen LogP contribution >= 0.6 is 0 Å². The quantitative estimate of drug-likeness (QED) is 0.0325. The number of aromatic nitrogens is 3. The van der Waals surface area contributed by atoms with Gasteiger partial charge in [0.2, 0.25) is 45.8 Å². The van der Waals surface area contributed by atoms with Gasteiger partial charge in [0.25, 0.3) is 0 Å². The van der Waals surface area contributed by atoms with Gasteiger partial charge in [0.05, 0.1) is 36.2 Å². The Morgan fingerprint density at radius 1 is 0.551 bits per heavy atom. The number of nitrogens with one attached hydrogen (secondary N) is 5. The van der Waals surface area contributed by atoms with Crippen molar-refractivity contribution in [2.45, 2.75) is 143 Å². The summed E-state index contributed by atoms with van der Waals surface area (Å²) in [7, 11) is 0. The molecular formula is C47H69N9O13. The van der Waals surface area contributed by atoms with Gasteiger partial charge in [-0.15, -0.1) is 0 Å². The van der Waals surface area contributed by atoms with Crippen molar-refractivity contribution in [3.8, 4) is 17.2 Å². The van der Waals surface area contributed by atoms with Gasteiger partial charge in [-0.3, -0.25) is 43.2 Å². The van der Waals surface area contributed by atoms with Gasteiger partial charge in [-0.25, -0.2) is 0 Å². The van der Waals surface area contributed by atoms with Crippen LogP contribution in [0.3, 0.4) is 0 Å². The van der Waals surface area contributed by atoms with Crippen molar-refractivity contribution in [2.24, 2.45) is 5.73 Å². The number of hydrogen-bond donors (Lipinski definition) is 9. The lowest BCUT2D eigenvalue weighted by Crippen LogP contribution is -2.49. The normalized spacial score (nSPS) is 12.3. The first-order valence-electron chi connectivity index (χ1n) is 23.3. The summed E-state index contributed by atoms with van der Waals surface area (Å²) in [6.07, 6.45) is 8.06. The molecule has 0 aromatic carbocycles. The molecule has 3 rings (SSSR count). The number of aromatic hydroxyl groups is 3. The molecule has 0 aliphatic heterocycles. The monoisotopic (exact) mass is 968 g/mol. The lowest BCUT2D eigenvalue weighted by atomic mass is 10.1. The number of carbonyl (C=O) groups is 6. The van der Waals surface area contributed by atoms with E-state index in [1.54, 1.807) is 60.0 Å². The fourth-order valence-electron chi connectivity index (χ4n) is 7.32. The second-order valence-corrected chi connectivity index (χ2v) is 16.7. The van der Waals surface area contributed by atoms with E-state index in [1.165, 1.54) is 18.2 Å². The van der Waals surface area contributed by atoms with Crippen LogP contribution in [0.25, 0.3) is 0 Å². The molecule has 0 unspecified atom stereocenters. The molecule has 0 spiro atoms. The van der Waals surface area contributed by atoms with Gasteiger partial charge in [0.1, 0.15) is 12.1 Å². The fourth-order valence-corrected chi connectivity index (χ4v) is 7.32. The maximum atomic E-state index is 13.5. The molecule has 10 N–H and O–H groups in total. The van der Waals surface area contributed by atoms with E-state index in [-0.39, 0.29) is 75.6 Å². The van der Waals surface area contributed by atoms with Crippen LogP contribution in [-0.4, -0.2) is 109 Å². The summed E-state index contributed by atoms with van der Waals surface area (Å²) in [6.45, 7) is 7.78. The molecular weight excluding hydrogens is 899 g/mol. The predicted octanol–water partition coefficient (Wildman–Crippen LogP) is 0.504. The number of hydrogen-bond acceptors (Lipinski definition) is 14. The SMILES string of the molecule is CCOC(=O)CCNC(=O)[C@@H](CCCCn1ccc(=O)c(O)c1C)NC(=O)CCNC(=O)[C@@H](CCCCn1ccc(=O)c(O)c1C)NC(=O)CCNC(=O)[C@@H](N)CCCCn1ccc(=O)c(O)c1C. The highest BCUT2D eigenvalue weighted by molar-refractivity contribution is 5.89. The molecule has 69 heavy (non-hydrogen) atoms. The van der Waals surface area contributed by atoms with Crippen molar-refractivity contribution < 1.29 is 48.8 Å². The second kappa shape index (κ2) is 29.0. The second-order valence-electron chi connectivity index (χ2n) is 16.7. The minimum absolute atomic E-state index is 0.0222. The van der Waals surface area contributed by atoms with Gasteiger partial charge >= 0.3 is 5.97 Å². The average molecular weight is 968 g/mol. The molecule has 0 fully saturated rings. The minimum atomic E-state index is -1.04. The molecule has 0 bridgehead atoms. The van der Waals surface area contributed by atoms with Gasteiger partial charge in [-0.2, -0.15) is 0 Å². The summed E-state index contributed by atoms with van der Waals surface area (Å²) in [6, 6.07) is 0.890. The van der Waals surface area contributed by atoms with Crippen molar-refractivity contribution in [1.29, 1.82) is 0 Å². The van der Waals surface area contributed by atoms with Crippen LogP contribution in [0, 0.1) is 20.8 Å². The van der Waals surface area contributed by atoms with Crippen LogP contribution in [0.1, 0.15) is 101 Å². The van der Waals surface area contributed by atoms with Gasteiger partial charge in [0.15, 0.2) is 17.2 Å². The largest absolute Gasteiger partial charge is 0.503 e. The number of nitrogens with zero attached hydrogens (tertiary/aromatic N) is 3. The van der Waals surface area contributed by atoms with Crippen LogP contribution in [-0.2, 0) is 53.1 Å². The number of ether oxygens (including phenoxy) is 1. The zero-order valence-corrected chi connectivity index (χ0v) is 40.0. The number of pyridine rings is 3. The van der Waals surface area contributed by atoms with E-state index in [0.29, 0.717) is 81.7 Å².